The van der Waals surface area contributed by atoms with Crippen molar-refractivity contribution < 1.29 is 4.52 Å². The number of benzene rings is 1. The van der Waals surface area contributed by atoms with Gasteiger partial charge in [0.15, 0.2) is 17.0 Å². The van der Waals surface area contributed by atoms with Gasteiger partial charge in [0.1, 0.15) is 0 Å². The molecule has 190 valence electrons. The second kappa shape index (κ2) is 10.3. The fourth-order valence-electron chi connectivity index (χ4n) is 5.20. The molecule has 1 fully saturated rings. The highest BCUT2D eigenvalue weighted by Crippen LogP contribution is 2.45. The summed E-state index contributed by atoms with van der Waals surface area (Å²) < 4.78 is 9.42. The summed E-state index contributed by atoms with van der Waals surface area (Å²) in [7, 11) is 0. The van der Waals surface area contributed by atoms with Crippen molar-refractivity contribution in [3.8, 4) is 0 Å². The SMILES string of the molecule is CCCCn1c(=O)n(CCCc2nc(C3(c4cccc(Br)c4)CCCC3)no2)c(=O)c2[nH]c(Cl)nc21. The van der Waals surface area contributed by atoms with Crippen LogP contribution in [0.1, 0.15) is 69.1 Å². The van der Waals surface area contributed by atoms with Crippen LogP contribution in [0.3, 0.4) is 0 Å². The third-order valence-electron chi connectivity index (χ3n) is 7.07. The van der Waals surface area contributed by atoms with E-state index in [1.165, 1.54) is 14.7 Å². The Morgan fingerprint density at radius 2 is 1.92 bits per heavy atom. The molecule has 1 aromatic carbocycles. The molecule has 1 N–H and O–H groups in total. The van der Waals surface area contributed by atoms with Crippen LogP contribution in [-0.2, 0) is 24.9 Å². The number of halogens is 2. The molecule has 0 spiro atoms. The van der Waals surface area contributed by atoms with Crippen LogP contribution in [0.2, 0.25) is 5.28 Å². The van der Waals surface area contributed by atoms with Gasteiger partial charge >= 0.3 is 5.69 Å². The fraction of sp³-hybridized carbons (Fsp3) is 0.480. The number of hydrogen-bond acceptors (Lipinski definition) is 6. The normalized spacial score (nSPS) is 15.2. The molecule has 3 aromatic heterocycles. The minimum Gasteiger partial charge on any atom is -0.339 e. The van der Waals surface area contributed by atoms with E-state index in [1.807, 2.05) is 19.1 Å². The van der Waals surface area contributed by atoms with Crippen LogP contribution in [0.25, 0.3) is 11.2 Å². The number of aryl methyl sites for hydroxylation is 2. The molecule has 0 amide bonds. The maximum atomic E-state index is 13.1. The van der Waals surface area contributed by atoms with Gasteiger partial charge < -0.3 is 9.51 Å². The molecular formula is C25H28BrClN6O3. The predicted molar refractivity (Wildman–Crippen MR) is 141 cm³/mol. The van der Waals surface area contributed by atoms with Gasteiger partial charge in [0.25, 0.3) is 5.56 Å². The summed E-state index contributed by atoms with van der Waals surface area (Å²) in [4.78, 5) is 37.9. The van der Waals surface area contributed by atoms with Gasteiger partial charge in [-0.25, -0.2) is 4.79 Å². The number of imidazole rings is 1. The van der Waals surface area contributed by atoms with Crippen LogP contribution in [0, 0.1) is 0 Å². The van der Waals surface area contributed by atoms with Gasteiger partial charge in [0.2, 0.25) is 11.2 Å². The molecule has 11 heteroatoms. The number of aromatic nitrogens is 6. The number of hydrogen-bond donors (Lipinski definition) is 1. The summed E-state index contributed by atoms with van der Waals surface area (Å²) in [5.41, 5.74) is 0.680. The van der Waals surface area contributed by atoms with E-state index >= 15 is 0 Å². The molecule has 1 aliphatic carbocycles. The Balaban J connectivity index is 1.37. The Bertz CT molecular complexity index is 1500. The Kier molecular flexibility index (Phi) is 7.16. The topological polar surface area (TPSA) is 112 Å². The van der Waals surface area contributed by atoms with E-state index in [2.05, 4.69) is 43.2 Å². The summed E-state index contributed by atoms with van der Waals surface area (Å²) >= 11 is 9.59. The Morgan fingerprint density at radius 3 is 2.67 bits per heavy atom. The Morgan fingerprint density at radius 1 is 1.14 bits per heavy atom. The zero-order chi connectivity index (χ0) is 25.3. The average Bonchev–Trinajstić information content (AvgIpc) is 3.61. The number of H-pyrrole nitrogens is 1. The van der Waals surface area contributed by atoms with Crippen molar-refractivity contribution in [1.29, 1.82) is 0 Å². The molecule has 0 aliphatic heterocycles. The molecule has 5 rings (SSSR count). The van der Waals surface area contributed by atoms with Crippen molar-refractivity contribution in [3.63, 3.8) is 0 Å². The van der Waals surface area contributed by atoms with Crippen LogP contribution in [0.15, 0.2) is 42.9 Å². The molecule has 1 aliphatic rings. The maximum Gasteiger partial charge on any atom is 0.332 e. The third kappa shape index (κ3) is 4.56. The van der Waals surface area contributed by atoms with Gasteiger partial charge in [-0.1, -0.05) is 59.4 Å². The first kappa shape index (κ1) is 25.0. The molecule has 0 bridgehead atoms. The minimum atomic E-state index is -0.423. The van der Waals surface area contributed by atoms with Crippen molar-refractivity contribution in [3.05, 3.63) is 72.1 Å². The van der Waals surface area contributed by atoms with Crippen LogP contribution >= 0.6 is 27.5 Å². The number of fused-ring (bicyclic) bond motifs is 1. The lowest BCUT2D eigenvalue weighted by molar-refractivity contribution is 0.355. The first-order valence-corrected chi connectivity index (χ1v) is 13.6. The van der Waals surface area contributed by atoms with Crippen LogP contribution in [-0.4, -0.2) is 29.2 Å². The zero-order valence-corrected chi connectivity index (χ0v) is 22.4. The quantitative estimate of drug-likeness (QED) is 0.282. The van der Waals surface area contributed by atoms with Crippen molar-refractivity contribution in [2.45, 2.75) is 76.8 Å². The standard InChI is InChI=1S/C25H28BrClN6O3/c1-2-3-13-32-20-19(29-23(27)30-20)21(34)33(24(32)35)14-7-10-18-28-22(31-36-18)25(11-4-5-12-25)16-8-6-9-17(26)15-16/h6,8-9,15H,2-5,7,10-14H2,1H3,(H,29,30). The summed E-state index contributed by atoms with van der Waals surface area (Å²) in [5, 5.41) is 4.46. The molecule has 0 radical (unpaired) electrons. The van der Waals surface area contributed by atoms with Crippen LogP contribution in [0.4, 0.5) is 0 Å². The number of nitrogens with one attached hydrogen (secondary N) is 1. The molecule has 0 saturated heterocycles. The zero-order valence-electron chi connectivity index (χ0n) is 20.1. The summed E-state index contributed by atoms with van der Waals surface area (Å²) in [6, 6.07) is 8.31. The molecule has 3 heterocycles. The molecule has 4 aromatic rings. The summed E-state index contributed by atoms with van der Waals surface area (Å²) in [6.07, 6.45) is 6.84. The van der Waals surface area contributed by atoms with Gasteiger partial charge in [-0.15, -0.1) is 0 Å². The van der Waals surface area contributed by atoms with E-state index in [0.717, 1.165) is 43.0 Å². The molecule has 9 nitrogen and oxygen atoms in total. The van der Waals surface area contributed by atoms with E-state index in [-0.39, 0.29) is 28.4 Å². The van der Waals surface area contributed by atoms with Gasteiger partial charge in [0, 0.05) is 24.0 Å². The molecule has 0 atom stereocenters. The fourth-order valence-corrected chi connectivity index (χ4v) is 5.77. The maximum absolute atomic E-state index is 13.1. The monoisotopic (exact) mass is 574 g/mol. The predicted octanol–water partition coefficient (Wildman–Crippen LogP) is 4.98. The van der Waals surface area contributed by atoms with Gasteiger partial charge in [-0.3, -0.25) is 13.9 Å². The van der Waals surface area contributed by atoms with Crippen LogP contribution in [0.5, 0.6) is 0 Å². The highest BCUT2D eigenvalue weighted by atomic mass is 79.9. The van der Waals surface area contributed by atoms with Gasteiger partial charge in [-0.2, -0.15) is 9.97 Å². The van der Waals surface area contributed by atoms with E-state index in [9.17, 15) is 9.59 Å². The lowest BCUT2D eigenvalue weighted by Crippen LogP contribution is -2.40. The number of rotatable bonds is 9. The van der Waals surface area contributed by atoms with E-state index < -0.39 is 5.56 Å². The van der Waals surface area contributed by atoms with Crippen molar-refractivity contribution in [2.24, 2.45) is 0 Å². The largest absolute Gasteiger partial charge is 0.339 e. The molecule has 1 saturated carbocycles. The van der Waals surface area contributed by atoms with Crippen molar-refractivity contribution >= 4 is 38.7 Å². The number of nitrogens with zero attached hydrogens (tertiary/aromatic N) is 5. The Labute approximate surface area is 221 Å². The lowest BCUT2D eigenvalue weighted by Gasteiger charge is -2.26. The van der Waals surface area contributed by atoms with E-state index in [1.54, 1.807) is 0 Å². The highest BCUT2D eigenvalue weighted by molar-refractivity contribution is 9.10. The number of aromatic amines is 1. The average molecular weight is 576 g/mol. The highest BCUT2D eigenvalue weighted by Gasteiger charge is 2.41. The number of unbranched alkanes of at least 4 members (excludes halogenated alkanes) is 1. The van der Waals surface area contributed by atoms with E-state index in [4.69, 9.17) is 21.1 Å². The van der Waals surface area contributed by atoms with Gasteiger partial charge in [-0.05, 0) is 55.0 Å². The Hall–Kier alpha value is -2.72. The van der Waals surface area contributed by atoms with Crippen molar-refractivity contribution in [1.82, 2.24) is 29.2 Å². The molecular weight excluding hydrogens is 548 g/mol. The van der Waals surface area contributed by atoms with Crippen molar-refractivity contribution in [2.75, 3.05) is 0 Å². The van der Waals surface area contributed by atoms with Gasteiger partial charge in [0.05, 0.1) is 5.41 Å². The molecule has 0 unspecified atom stereocenters. The summed E-state index contributed by atoms with van der Waals surface area (Å²) in [5.74, 6) is 1.22. The first-order chi connectivity index (χ1) is 17.4. The second-order valence-electron chi connectivity index (χ2n) is 9.39. The first-order valence-electron chi connectivity index (χ1n) is 12.4. The van der Waals surface area contributed by atoms with E-state index in [0.29, 0.717) is 36.7 Å². The second-order valence-corrected chi connectivity index (χ2v) is 10.7. The summed E-state index contributed by atoms with van der Waals surface area (Å²) in [6.45, 7) is 2.74. The third-order valence-corrected chi connectivity index (χ3v) is 7.74. The minimum absolute atomic E-state index is 0.0918. The smallest absolute Gasteiger partial charge is 0.332 e. The lowest BCUT2D eigenvalue weighted by atomic mass is 9.78. The molecule has 36 heavy (non-hydrogen) atoms. The van der Waals surface area contributed by atoms with Crippen LogP contribution < -0.4 is 11.2 Å².